The molecule has 0 aliphatic rings. The van der Waals surface area contributed by atoms with Gasteiger partial charge in [-0.15, -0.1) is 5.10 Å². The molecule has 7 heteroatoms. The normalized spacial score (nSPS) is 12.0. The third kappa shape index (κ3) is 3.77. The van der Waals surface area contributed by atoms with Crippen LogP contribution in [0.1, 0.15) is 34.0 Å². The lowest BCUT2D eigenvalue weighted by Gasteiger charge is -2.12. The van der Waals surface area contributed by atoms with E-state index in [2.05, 4.69) is 14.9 Å². The molecular weight excluding hydrogens is 290 g/mol. The first-order valence-corrected chi connectivity index (χ1v) is 7.34. The van der Waals surface area contributed by atoms with E-state index < -0.39 is 6.10 Å². The number of rotatable bonds is 6. The summed E-state index contributed by atoms with van der Waals surface area (Å²) in [5.41, 5.74) is 1.39. The maximum atomic E-state index is 12.0. The van der Waals surface area contributed by atoms with Crippen molar-refractivity contribution in [2.24, 2.45) is 0 Å². The lowest BCUT2D eigenvalue weighted by molar-refractivity contribution is 0.0919. The molecule has 2 aromatic rings. The molecule has 1 aromatic heterocycles. The van der Waals surface area contributed by atoms with Gasteiger partial charge in [0.2, 0.25) is 0 Å². The lowest BCUT2D eigenvalue weighted by Crippen LogP contribution is -2.28. The van der Waals surface area contributed by atoms with Gasteiger partial charge in [0.05, 0.1) is 18.9 Å². The zero-order chi connectivity index (χ0) is 15.2. The molecule has 0 bridgehead atoms. The average molecular weight is 307 g/mol. The van der Waals surface area contributed by atoms with E-state index in [1.54, 1.807) is 31.4 Å². The minimum atomic E-state index is -0.772. The van der Waals surface area contributed by atoms with Gasteiger partial charge in [-0.2, -0.15) is 0 Å². The fourth-order valence-corrected chi connectivity index (χ4v) is 2.49. The molecular formula is C14H17N3O3S. The van der Waals surface area contributed by atoms with Gasteiger partial charge in [-0.3, -0.25) is 4.79 Å². The number of hydrogen-bond donors (Lipinski definition) is 2. The summed E-state index contributed by atoms with van der Waals surface area (Å²) in [6.07, 6.45) is -0.119. The van der Waals surface area contributed by atoms with Crippen molar-refractivity contribution in [3.63, 3.8) is 0 Å². The van der Waals surface area contributed by atoms with Gasteiger partial charge in [0.1, 0.15) is 10.6 Å². The Morgan fingerprint density at radius 3 is 2.76 bits per heavy atom. The lowest BCUT2D eigenvalue weighted by atomic mass is 10.1. The molecule has 2 rings (SSSR count). The molecule has 112 valence electrons. The molecule has 0 aliphatic carbocycles. The van der Waals surface area contributed by atoms with Gasteiger partial charge in [-0.25, -0.2) is 0 Å². The maximum absolute atomic E-state index is 12.0. The van der Waals surface area contributed by atoms with Crippen LogP contribution >= 0.6 is 11.5 Å². The van der Waals surface area contributed by atoms with E-state index in [4.69, 9.17) is 4.74 Å². The van der Waals surface area contributed by atoms with E-state index in [0.717, 1.165) is 17.3 Å². The molecule has 21 heavy (non-hydrogen) atoms. The van der Waals surface area contributed by atoms with Crippen LogP contribution in [0.3, 0.4) is 0 Å². The van der Waals surface area contributed by atoms with Crippen LogP contribution in [0.25, 0.3) is 0 Å². The van der Waals surface area contributed by atoms with Gasteiger partial charge in [-0.05, 0) is 35.6 Å². The number of aliphatic hydroxyl groups excluding tert-OH is 1. The number of ether oxygens (including phenoxy) is 1. The van der Waals surface area contributed by atoms with Crippen LogP contribution < -0.4 is 10.1 Å². The van der Waals surface area contributed by atoms with Crippen molar-refractivity contribution in [3.8, 4) is 5.75 Å². The smallest absolute Gasteiger partial charge is 0.265 e. The molecule has 0 fully saturated rings. The van der Waals surface area contributed by atoms with Crippen LogP contribution in [0.2, 0.25) is 0 Å². The van der Waals surface area contributed by atoms with Crippen molar-refractivity contribution in [3.05, 3.63) is 40.4 Å². The van der Waals surface area contributed by atoms with E-state index in [1.165, 1.54) is 0 Å². The maximum Gasteiger partial charge on any atom is 0.265 e. The zero-order valence-corrected chi connectivity index (χ0v) is 12.7. The second kappa shape index (κ2) is 7.14. The highest BCUT2D eigenvalue weighted by Gasteiger charge is 2.16. The number of nitrogens with one attached hydrogen (secondary N) is 1. The first kappa shape index (κ1) is 15.4. The standard InChI is InChI=1S/C14H17N3O3S/c1-3-11-13(21-17-16-11)14(19)15-8-12(18)9-4-6-10(20-2)7-5-9/h4-7,12,18H,3,8H2,1-2H3,(H,15,19). The van der Waals surface area contributed by atoms with E-state index >= 15 is 0 Å². The highest BCUT2D eigenvalue weighted by molar-refractivity contribution is 7.08. The number of aliphatic hydroxyl groups is 1. The number of carbonyl (C=O) groups excluding carboxylic acids is 1. The van der Waals surface area contributed by atoms with Gasteiger partial charge >= 0.3 is 0 Å². The van der Waals surface area contributed by atoms with Gasteiger partial charge < -0.3 is 15.2 Å². The Hall–Kier alpha value is -1.99. The first-order valence-electron chi connectivity index (χ1n) is 6.57. The van der Waals surface area contributed by atoms with Crippen LogP contribution in [0.15, 0.2) is 24.3 Å². The summed E-state index contributed by atoms with van der Waals surface area (Å²) in [6, 6.07) is 7.06. The number of carbonyl (C=O) groups is 1. The minimum Gasteiger partial charge on any atom is -0.497 e. The molecule has 1 atom stereocenters. The van der Waals surface area contributed by atoms with Crippen LogP contribution in [0.4, 0.5) is 0 Å². The van der Waals surface area contributed by atoms with Crippen molar-refractivity contribution < 1.29 is 14.6 Å². The predicted octanol–water partition coefficient (Wildman–Crippen LogP) is 1.57. The SMILES string of the molecule is CCc1nnsc1C(=O)NCC(O)c1ccc(OC)cc1. The Labute approximate surface area is 126 Å². The molecule has 0 saturated heterocycles. The fraction of sp³-hybridized carbons (Fsp3) is 0.357. The van der Waals surface area contributed by atoms with E-state index in [1.807, 2.05) is 6.92 Å². The quantitative estimate of drug-likeness (QED) is 0.846. The third-order valence-electron chi connectivity index (χ3n) is 3.05. The molecule has 1 heterocycles. The predicted molar refractivity (Wildman–Crippen MR) is 79.6 cm³/mol. The number of hydrogen-bond acceptors (Lipinski definition) is 6. The van der Waals surface area contributed by atoms with Gasteiger partial charge in [0, 0.05) is 6.54 Å². The summed E-state index contributed by atoms with van der Waals surface area (Å²) in [6.45, 7) is 2.05. The van der Waals surface area contributed by atoms with Crippen molar-refractivity contribution >= 4 is 17.4 Å². The highest BCUT2D eigenvalue weighted by atomic mass is 32.1. The molecule has 6 nitrogen and oxygen atoms in total. The summed E-state index contributed by atoms with van der Waals surface area (Å²) in [5.74, 6) is 0.465. The van der Waals surface area contributed by atoms with Crippen LogP contribution in [0.5, 0.6) is 5.75 Å². The number of aryl methyl sites for hydroxylation is 1. The molecule has 0 saturated carbocycles. The monoisotopic (exact) mass is 307 g/mol. The molecule has 0 spiro atoms. The molecule has 1 amide bonds. The Morgan fingerprint density at radius 2 is 2.14 bits per heavy atom. The summed E-state index contributed by atoms with van der Waals surface area (Å²) >= 11 is 1.06. The van der Waals surface area contributed by atoms with Crippen molar-refractivity contribution in [2.45, 2.75) is 19.4 Å². The van der Waals surface area contributed by atoms with Crippen LogP contribution in [0, 0.1) is 0 Å². The van der Waals surface area contributed by atoms with Gasteiger partial charge in [0.25, 0.3) is 5.91 Å². The largest absolute Gasteiger partial charge is 0.497 e. The molecule has 2 N–H and O–H groups in total. The van der Waals surface area contributed by atoms with Gasteiger partial charge in [0.15, 0.2) is 0 Å². The number of benzene rings is 1. The average Bonchev–Trinajstić information content (AvgIpc) is 3.01. The Bertz CT molecular complexity index is 598. The molecule has 1 aromatic carbocycles. The topological polar surface area (TPSA) is 84.3 Å². The zero-order valence-electron chi connectivity index (χ0n) is 11.9. The van der Waals surface area contributed by atoms with Crippen LogP contribution in [-0.2, 0) is 6.42 Å². The second-order valence-corrected chi connectivity index (χ2v) is 5.16. The number of nitrogens with zero attached hydrogens (tertiary/aromatic N) is 2. The number of aromatic nitrogens is 2. The van der Waals surface area contributed by atoms with E-state index in [-0.39, 0.29) is 12.5 Å². The Balaban J connectivity index is 1.94. The first-order chi connectivity index (χ1) is 10.2. The number of amides is 1. The molecule has 0 radical (unpaired) electrons. The van der Waals surface area contributed by atoms with Crippen molar-refractivity contribution in [1.29, 1.82) is 0 Å². The van der Waals surface area contributed by atoms with Crippen molar-refractivity contribution in [2.75, 3.05) is 13.7 Å². The fourth-order valence-electron chi connectivity index (χ4n) is 1.83. The van der Waals surface area contributed by atoms with E-state index in [9.17, 15) is 9.90 Å². The van der Waals surface area contributed by atoms with E-state index in [0.29, 0.717) is 22.6 Å². The summed E-state index contributed by atoms with van der Waals surface area (Å²) in [5, 5.41) is 16.7. The number of methoxy groups -OCH3 is 1. The minimum absolute atomic E-state index is 0.131. The molecule has 1 unspecified atom stereocenters. The Kier molecular flexibility index (Phi) is 5.24. The van der Waals surface area contributed by atoms with Crippen molar-refractivity contribution in [1.82, 2.24) is 14.9 Å². The summed E-state index contributed by atoms with van der Waals surface area (Å²) < 4.78 is 8.83. The summed E-state index contributed by atoms with van der Waals surface area (Å²) in [4.78, 5) is 12.5. The third-order valence-corrected chi connectivity index (χ3v) is 3.82. The summed E-state index contributed by atoms with van der Waals surface area (Å²) in [7, 11) is 1.58. The van der Waals surface area contributed by atoms with Gasteiger partial charge in [-0.1, -0.05) is 23.5 Å². The Morgan fingerprint density at radius 1 is 1.43 bits per heavy atom. The highest BCUT2D eigenvalue weighted by Crippen LogP contribution is 2.17. The second-order valence-electron chi connectivity index (χ2n) is 4.40. The van der Waals surface area contributed by atoms with Crippen LogP contribution in [-0.4, -0.2) is 34.3 Å². The molecule has 0 aliphatic heterocycles.